The minimum Gasteiger partial charge on any atom is -0.493 e. The van der Waals surface area contributed by atoms with Crippen LogP contribution in [0.3, 0.4) is 0 Å². The van der Waals surface area contributed by atoms with Crippen molar-refractivity contribution in [2.24, 2.45) is 5.73 Å². The number of nitrogens with two attached hydrogens (primary N) is 1. The highest BCUT2D eigenvalue weighted by Crippen LogP contribution is 2.33. The molecule has 21 heavy (non-hydrogen) atoms. The number of aryl methyl sites for hydroxylation is 2. The van der Waals surface area contributed by atoms with Crippen molar-refractivity contribution in [2.75, 3.05) is 7.11 Å². The fourth-order valence-corrected chi connectivity index (χ4v) is 2.07. The maximum atomic E-state index is 5.87. The summed E-state index contributed by atoms with van der Waals surface area (Å²) >= 11 is 5.04. The summed E-state index contributed by atoms with van der Waals surface area (Å²) in [5.41, 5.74) is 8.32. The summed E-state index contributed by atoms with van der Waals surface area (Å²) in [6.45, 7) is 3.97. The van der Waals surface area contributed by atoms with E-state index in [0.717, 1.165) is 12.1 Å². The molecular weight excluding hydrogens is 284 g/mol. The minimum absolute atomic E-state index is 0.252. The second-order valence-electron chi connectivity index (χ2n) is 4.61. The zero-order chi connectivity index (χ0) is 15.4. The van der Waals surface area contributed by atoms with E-state index in [0.29, 0.717) is 22.9 Å². The Balaban J connectivity index is 2.42. The zero-order valence-corrected chi connectivity index (χ0v) is 13.2. The second-order valence-corrected chi connectivity index (χ2v) is 5.05. The van der Waals surface area contributed by atoms with Crippen LogP contribution < -0.4 is 15.2 Å². The maximum absolute atomic E-state index is 5.87. The van der Waals surface area contributed by atoms with Crippen molar-refractivity contribution >= 4 is 17.2 Å². The van der Waals surface area contributed by atoms with Crippen molar-refractivity contribution in [1.29, 1.82) is 0 Å². The monoisotopic (exact) mass is 302 g/mol. The molecule has 0 atom stereocenters. The molecular formula is C16H18N2O2S. The molecule has 0 aliphatic rings. The molecule has 2 N–H and O–H groups in total. The van der Waals surface area contributed by atoms with Crippen LogP contribution in [0.2, 0.25) is 0 Å². The minimum atomic E-state index is 0.252. The number of hydrogen-bond acceptors (Lipinski definition) is 4. The van der Waals surface area contributed by atoms with E-state index in [9.17, 15) is 0 Å². The number of benzene rings is 1. The van der Waals surface area contributed by atoms with Gasteiger partial charge in [0.15, 0.2) is 11.5 Å². The van der Waals surface area contributed by atoms with E-state index < -0.39 is 0 Å². The third-order valence-corrected chi connectivity index (χ3v) is 3.33. The van der Waals surface area contributed by atoms with Crippen molar-refractivity contribution in [3.63, 3.8) is 0 Å². The summed E-state index contributed by atoms with van der Waals surface area (Å²) in [4.78, 5) is 4.61. The van der Waals surface area contributed by atoms with E-state index >= 15 is 0 Å². The average molecular weight is 302 g/mol. The predicted molar refractivity (Wildman–Crippen MR) is 87.3 cm³/mol. The van der Waals surface area contributed by atoms with E-state index in [4.69, 9.17) is 27.4 Å². The first kappa shape index (κ1) is 15.3. The number of aromatic nitrogens is 1. The molecule has 0 amide bonds. The molecule has 0 fully saturated rings. The van der Waals surface area contributed by atoms with Crippen LogP contribution in [0.25, 0.3) is 0 Å². The summed E-state index contributed by atoms with van der Waals surface area (Å²) in [7, 11) is 1.61. The largest absolute Gasteiger partial charge is 0.493 e. The molecule has 1 aromatic heterocycles. The van der Waals surface area contributed by atoms with E-state index in [2.05, 4.69) is 11.9 Å². The van der Waals surface area contributed by atoms with Gasteiger partial charge in [0.2, 0.25) is 5.88 Å². The van der Waals surface area contributed by atoms with Gasteiger partial charge in [0.1, 0.15) is 4.99 Å². The molecule has 0 radical (unpaired) electrons. The van der Waals surface area contributed by atoms with E-state index in [1.807, 2.05) is 37.3 Å². The van der Waals surface area contributed by atoms with Crippen LogP contribution in [-0.2, 0) is 6.42 Å². The zero-order valence-electron chi connectivity index (χ0n) is 12.3. The molecule has 1 aromatic carbocycles. The Bertz CT molecular complexity index is 671. The Hall–Kier alpha value is -2.14. The third-order valence-electron chi connectivity index (χ3n) is 3.11. The topological polar surface area (TPSA) is 57.4 Å². The van der Waals surface area contributed by atoms with Gasteiger partial charge in [-0.2, -0.15) is 0 Å². The number of thiocarbonyl (C=S) groups is 1. The lowest BCUT2D eigenvalue weighted by atomic mass is 10.1. The Morgan fingerprint density at radius 2 is 2.00 bits per heavy atom. The summed E-state index contributed by atoms with van der Waals surface area (Å²) in [6, 6.07) is 9.47. The molecule has 2 aromatic rings. The van der Waals surface area contributed by atoms with Gasteiger partial charge in [0.05, 0.1) is 12.7 Å². The lowest BCUT2D eigenvalue weighted by Gasteiger charge is -2.13. The van der Waals surface area contributed by atoms with Gasteiger partial charge < -0.3 is 15.2 Å². The van der Waals surface area contributed by atoms with Crippen molar-refractivity contribution in [3.8, 4) is 17.4 Å². The highest BCUT2D eigenvalue weighted by atomic mass is 32.1. The Morgan fingerprint density at radius 3 is 2.62 bits per heavy atom. The molecule has 0 saturated heterocycles. The van der Waals surface area contributed by atoms with Crippen LogP contribution in [0.4, 0.5) is 0 Å². The standard InChI is InChI=1S/C16H18N2O2S/c1-4-11-6-8-13(14(9-11)19-3)20-16-12(15(17)21)7-5-10(2)18-16/h5-9H,4H2,1-3H3,(H2,17,21). The molecule has 110 valence electrons. The highest BCUT2D eigenvalue weighted by Gasteiger charge is 2.13. The normalized spacial score (nSPS) is 10.2. The maximum Gasteiger partial charge on any atom is 0.229 e. The lowest BCUT2D eigenvalue weighted by Crippen LogP contribution is -2.12. The second kappa shape index (κ2) is 6.54. The Morgan fingerprint density at radius 1 is 1.24 bits per heavy atom. The first-order valence-corrected chi connectivity index (χ1v) is 7.08. The van der Waals surface area contributed by atoms with Crippen LogP contribution in [0, 0.1) is 6.92 Å². The molecule has 0 aliphatic carbocycles. The van der Waals surface area contributed by atoms with Crippen molar-refractivity contribution in [1.82, 2.24) is 4.98 Å². The lowest BCUT2D eigenvalue weighted by molar-refractivity contribution is 0.373. The smallest absolute Gasteiger partial charge is 0.229 e. The molecule has 5 heteroatoms. The SMILES string of the molecule is CCc1ccc(Oc2nc(C)ccc2C(N)=S)c(OC)c1. The quantitative estimate of drug-likeness (QED) is 0.858. The van der Waals surface area contributed by atoms with Crippen molar-refractivity contribution in [2.45, 2.75) is 20.3 Å². The fraction of sp³-hybridized carbons (Fsp3) is 0.250. The molecule has 4 nitrogen and oxygen atoms in total. The van der Waals surface area contributed by atoms with E-state index in [-0.39, 0.29) is 4.99 Å². The van der Waals surface area contributed by atoms with Gasteiger partial charge in [0, 0.05) is 5.69 Å². The average Bonchev–Trinajstić information content (AvgIpc) is 2.47. The number of ether oxygens (including phenoxy) is 2. The van der Waals surface area contributed by atoms with Gasteiger partial charge >= 0.3 is 0 Å². The van der Waals surface area contributed by atoms with Crippen LogP contribution in [0.15, 0.2) is 30.3 Å². The third kappa shape index (κ3) is 3.49. The van der Waals surface area contributed by atoms with Gasteiger partial charge in [-0.15, -0.1) is 0 Å². The van der Waals surface area contributed by atoms with Crippen LogP contribution in [0.5, 0.6) is 17.4 Å². The molecule has 0 spiro atoms. The summed E-state index contributed by atoms with van der Waals surface area (Å²) in [5, 5.41) is 0. The predicted octanol–water partition coefficient (Wildman–Crippen LogP) is 3.39. The fourth-order valence-electron chi connectivity index (χ4n) is 1.92. The molecule has 0 bridgehead atoms. The van der Waals surface area contributed by atoms with E-state index in [1.54, 1.807) is 7.11 Å². The number of rotatable bonds is 5. The van der Waals surface area contributed by atoms with Gasteiger partial charge in [0.25, 0.3) is 0 Å². The first-order chi connectivity index (χ1) is 10.0. The van der Waals surface area contributed by atoms with Crippen LogP contribution in [0.1, 0.15) is 23.7 Å². The molecule has 2 rings (SSSR count). The molecule has 1 heterocycles. The van der Waals surface area contributed by atoms with Gasteiger partial charge in [-0.25, -0.2) is 4.98 Å². The van der Waals surface area contributed by atoms with Crippen LogP contribution >= 0.6 is 12.2 Å². The summed E-state index contributed by atoms with van der Waals surface area (Å²) in [6.07, 6.45) is 0.928. The molecule has 0 saturated carbocycles. The molecule has 0 aliphatic heterocycles. The summed E-state index contributed by atoms with van der Waals surface area (Å²) < 4.78 is 11.2. The van der Waals surface area contributed by atoms with Gasteiger partial charge in [-0.3, -0.25) is 0 Å². The van der Waals surface area contributed by atoms with Crippen molar-refractivity contribution in [3.05, 3.63) is 47.2 Å². The number of hydrogen-bond donors (Lipinski definition) is 1. The van der Waals surface area contributed by atoms with Crippen molar-refractivity contribution < 1.29 is 9.47 Å². The number of nitrogens with zero attached hydrogens (tertiary/aromatic N) is 1. The Kier molecular flexibility index (Phi) is 4.75. The first-order valence-electron chi connectivity index (χ1n) is 6.67. The van der Waals surface area contributed by atoms with E-state index in [1.165, 1.54) is 5.56 Å². The molecule has 0 unspecified atom stereocenters. The highest BCUT2D eigenvalue weighted by molar-refractivity contribution is 7.80. The summed E-state index contributed by atoms with van der Waals surface area (Å²) in [5.74, 6) is 1.64. The van der Waals surface area contributed by atoms with Gasteiger partial charge in [-0.1, -0.05) is 25.2 Å². The number of pyridine rings is 1. The van der Waals surface area contributed by atoms with Gasteiger partial charge in [-0.05, 0) is 43.2 Å². The van der Waals surface area contributed by atoms with Crippen LogP contribution in [-0.4, -0.2) is 17.1 Å². The Labute approximate surface area is 129 Å². The number of methoxy groups -OCH3 is 1.